The average molecular weight is 113 g/mol. The molecule has 1 rings (SSSR count). The molecule has 48 valence electrons. The fourth-order valence-electron chi connectivity index (χ4n) is 1.57. The van der Waals surface area contributed by atoms with Gasteiger partial charge in [0.2, 0.25) is 0 Å². The van der Waals surface area contributed by atoms with Crippen molar-refractivity contribution >= 4 is 0 Å². The quantitative estimate of drug-likeness (QED) is 0.546. The van der Waals surface area contributed by atoms with Crippen LogP contribution >= 0.6 is 0 Å². The summed E-state index contributed by atoms with van der Waals surface area (Å²) in [4.78, 5) is 0. The zero-order valence-electron chi connectivity index (χ0n) is 5.56. The minimum absolute atomic E-state index is 0.843. The van der Waals surface area contributed by atoms with E-state index in [2.05, 4.69) is 6.92 Å². The van der Waals surface area contributed by atoms with Gasteiger partial charge in [0.05, 0.1) is 0 Å². The van der Waals surface area contributed by atoms with E-state index in [1.807, 2.05) is 0 Å². The van der Waals surface area contributed by atoms with E-state index in [9.17, 15) is 0 Å². The molecule has 1 heteroatoms. The van der Waals surface area contributed by atoms with E-state index in [1.165, 1.54) is 19.3 Å². The van der Waals surface area contributed by atoms with Gasteiger partial charge in [-0.05, 0) is 24.8 Å². The first kappa shape index (κ1) is 6.09. The van der Waals surface area contributed by atoms with Crippen molar-refractivity contribution in [3.05, 3.63) is 0 Å². The smallest absolute Gasteiger partial charge is 0.00463 e. The van der Waals surface area contributed by atoms with Gasteiger partial charge in [-0.15, -0.1) is 0 Å². The fourth-order valence-corrected chi connectivity index (χ4v) is 1.57. The minimum atomic E-state index is 0.843. The third-order valence-corrected chi connectivity index (χ3v) is 2.34. The summed E-state index contributed by atoms with van der Waals surface area (Å²) in [6.45, 7) is 3.21. The first-order chi connectivity index (χ1) is 3.84. The van der Waals surface area contributed by atoms with Gasteiger partial charge in [0, 0.05) is 0 Å². The monoisotopic (exact) mass is 113 g/mol. The van der Waals surface area contributed by atoms with Gasteiger partial charge in [-0.25, -0.2) is 0 Å². The summed E-state index contributed by atoms with van der Waals surface area (Å²) in [6, 6.07) is 0. The van der Waals surface area contributed by atoms with Crippen molar-refractivity contribution in [3.63, 3.8) is 0 Å². The Balaban J connectivity index is 2.30. The molecule has 1 aliphatic rings. The molecule has 0 aliphatic heterocycles. The van der Waals surface area contributed by atoms with Gasteiger partial charge in [0.1, 0.15) is 0 Å². The Labute approximate surface area is 51.3 Å². The van der Waals surface area contributed by atoms with E-state index in [-0.39, 0.29) is 0 Å². The Hall–Kier alpha value is -0.0400. The van der Waals surface area contributed by atoms with Crippen LogP contribution < -0.4 is 5.73 Å². The van der Waals surface area contributed by atoms with Crippen molar-refractivity contribution < 1.29 is 0 Å². The van der Waals surface area contributed by atoms with Crippen LogP contribution in [0.2, 0.25) is 0 Å². The van der Waals surface area contributed by atoms with Crippen LogP contribution in [-0.2, 0) is 0 Å². The van der Waals surface area contributed by atoms with E-state index in [0.717, 1.165) is 18.4 Å². The van der Waals surface area contributed by atoms with E-state index < -0.39 is 0 Å². The molecule has 2 atom stereocenters. The molecule has 0 unspecified atom stereocenters. The maximum Gasteiger partial charge on any atom is -0.00463 e. The van der Waals surface area contributed by atoms with E-state index in [1.54, 1.807) is 0 Å². The molecule has 0 heterocycles. The van der Waals surface area contributed by atoms with Crippen LogP contribution in [0.5, 0.6) is 0 Å². The highest BCUT2D eigenvalue weighted by molar-refractivity contribution is 4.73. The summed E-state index contributed by atoms with van der Waals surface area (Å²) in [5, 5.41) is 0. The molecule has 8 heavy (non-hydrogen) atoms. The second-order valence-corrected chi connectivity index (χ2v) is 2.90. The first-order valence-electron chi connectivity index (χ1n) is 3.54. The molecule has 0 aromatic rings. The maximum absolute atomic E-state index is 5.52. The molecular formula is C7H15N. The Kier molecular flexibility index (Phi) is 1.90. The molecule has 0 spiro atoms. The molecule has 1 aliphatic carbocycles. The van der Waals surface area contributed by atoms with Crippen molar-refractivity contribution in [1.29, 1.82) is 0 Å². The van der Waals surface area contributed by atoms with E-state index in [0.29, 0.717) is 0 Å². The van der Waals surface area contributed by atoms with Crippen molar-refractivity contribution in [3.8, 4) is 0 Å². The number of rotatable bonds is 1. The summed E-state index contributed by atoms with van der Waals surface area (Å²) >= 11 is 0. The SMILES string of the molecule is C[C@@H]1CCC[C@@H]1CN. The van der Waals surface area contributed by atoms with Gasteiger partial charge in [-0.1, -0.05) is 19.8 Å². The molecule has 1 saturated carbocycles. The molecule has 0 saturated heterocycles. The summed E-state index contributed by atoms with van der Waals surface area (Å²) in [6.07, 6.45) is 4.18. The van der Waals surface area contributed by atoms with Crippen molar-refractivity contribution in [2.24, 2.45) is 17.6 Å². The van der Waals surface area contributed by atoms with Crippen LogP contribution in [0.3, 0.4) is 0 Å². The summed E-state index contributed by atoms with van der Waals surface area (Å²) < 4.78 is 0. The zero-order valence-corrected chi connectivity index (χ0v) is 5.56. The lowest BCUT2D eigenvalue weighted by atomic mass is 9.99. The highest BCUT2D eigenvalue weighted by atomic mass is 14.6. The van der Waals surface area contributed by atoms with Crippen molar-refractivity contribution in [2.75, 3.05) is 6.54 Å². The third-order valence-electron chi connectivity index (χ3n) is 2.34. The lowest BCUT2D eigenvalue weighted by molar-refractivity contribution is 0.429. The minimum Gasteiger partial charge on any atom is -0.330 e. The van der Waals surface area contributed by atoms with E-state index in [4.69, 9.17) is 5.73 Å². The largest absolute Gasteiger partial charge is 0.330 e. The number of nitrogens with two attached hydrogens (primary N) is 1. The fraction of sp³-hybridized carbons (Fsp3) is 1.00. The average Bonchev–Trinajstić information content (AvgIpc) is 2.14. The van der Waals surface area contributed by atoms with Crippen LogP contribution in [0.25, 0.3) is 0 Å². The topological polar surface area (TPSA) is 26.0 Å². The van der Waals surface area contributed by atoms with Gasteiger partial charge in [-0.3, -0.25) is 0 Å². The predicted octanol–water partition coefficient (Wildman–Crippen LogP) is 1.38. The van der Waals surface area contributed by atoms with E-state index >= 15 is 0 Å². The van der Waals surface area contributed by atoms with Crippen LogP contribution in [0.15, 0.2) is 0 Å². The molecule has 0 bridgehead atoms. The molecule has 1 fully saturated rings. The molecule has 0 amide bonds. The molecule has 0 aromatic heterocycles. The van der Waals surface area contributed by atoms with Crippen LogP contribution in [0, 0.1) is 11.8 Å². The second-order valence-electron chi connectivity index (χ2n) is 2.90. The number of hydrogen-bond acceptors (Lipinski definition) is 1. The van der Waals surface area contributed by atoms with Crippen LogP contribution in [-0.4, -0.2) is 6.54 Å². The Bertz CT molecular complexity index is 70.8. The van der Waals surface area contributed by atoms with Crippen LogP contribution in [0.4, 0.5) is 0 Å². The molecule has 0 aromatic carbocycles. The Morgan fingerprint density at radius 2 is 2.25 bits per heavy atom. The highest BCUT2D eigenvalue weighted by Crippen LogP contribution is 2.29. The molecule has 2 N–H and O–H groups in total. The lowest BCUT2D eigenvalue weighted by Gasteiger charge is -2.10. The van der Waals surface area contributed by atoms with Gasteiger partial charge in [0.15, 0.2) is 0 Å². The summed E-state index contributed by atoms with van der Waals surface area (Å²) in [5.74, 6) is 1.75. The second kappa shape index (κ2) is 2.49. The molecule has 0 radical (unpaired) electrons. The van der Waals surface area contributed by atoms with Crippen molar-refractivity contribution in [2.45, 2.75) is 26.2 Å². The Morgan fingerprint density at radius 1 is 1.50 bits per heavy atom. The van der Waals surface area contributed by atoms with Gasteiger partial charge < -0.3 is 5.73 Å². The third kappa shape index (κ3) is 1.03. The van der Waals surface area contributed by atoms with Crippen LogP contribution in [0.1, 0.15) is 26.2 Å². The maximum atomic E-state index is 5.52. The van der Waals surface area contributed by atoms with Gasteiger partial charge in [0.25, 0.3) is 0 Å². The predicted molar refractivity (Wildman–Crippen MR) is 35.6 cm³/mol. The first-order valence-corrected chi connectivity index (χ1v) is 3.54. The normalized spacial score (nSPS) is 38.2. The lowest BCUT2D eigenvalue weighted by Crippen LogP contribution is -2.15. The zero-order chi connectivity index (χ0) is 5.98. The highest BCUT2D eigenvalue weighted by Gasteiger charge is 2.20. The summed E-state index contributed by atoms with van der Waals surface area (Å²) in [7, 11) is 0. The van der Waals surface area contributed by atoms with Gasteiger partial charge >= 0.3 is 0 Å². The summed E-state index contributed by atoms with van der Waals surface area (Å²) in [5.41, 5.74) is 5.52. The standard InChI is InChI=1S/C7H15N/c1-6-3-2-4-7(6)5-8/h6-7H,2-5,8H2,1H3/t6-,7-/m1/s1. The number of hydrogen-bond donors (Lipinski definition) is 1. The molecular weight excluding hydrogens is 98.1 g/mol. The Morgan fingerprint density at radius 3 is 2.50 bits per heavy atom. The van der Waals surface area contributed by atoms with Gasteiger partial charge in [-0.2, -0.15) is 0 Å². The molecule has 1 nitrogen and oxygen atoms in total. The van der Waals surface area contributed by atoms with Crippen molar-refractivity contribution in [1.82, 2.24) is 0 Å².